The Bertz CT molecular complexity index is 909. The summed E-state index contributed by atoms with van der Waals surface area (Å²) in [4.78, 5) is 12.4. The number of hydrogen-bond acceptors (Lipinski definition) is 2. The van der Waals surface area contributed by atoms with E-state index in [1.165, 1.54) is 29.2 Å². The van der Waals surface area contributed by atoms with E-state index in [1.54, 1.807) is 0 Å². The van der Waals surface area contributed by atoms with Crippen LogP contribution in [-0.2, 0) is 9.53 Å². The molecule has 0 saturated heterocycles. The summed E-state index contributed by atoms with van der Waals surface area (Å²) in [6, 6.07) is 4.67. The van der Waals surface area contributed by atoms with Gasteiger partial charge in [-0.05, 0) is 17.3 Å². The summed E-state index contributed by atoms with van der Waals surface area (Å²) in [5.41, 5.74) is -2.26. The lowest BCUT2D eigenvalue weighted by Gasteiger charge is -2.38. The van der Waals surface area contributed by atoms with Crippen LogP contribution < -0.4 is 10.1 Å². The fraction of sp³-hybridized carbons (Fsp3) is 0.350. The number of benzene rings is 1. The zero-order valence-electron chi connectivity index (χ0n) is 17.5. The van der Waals surface area contributed by atoms with Crippen LogP contribution in [0.3, 0.4) is 0 Å². The predicted molar refractivity (Wildman–Crippen MR) is 108 cm³/mol. The molecular formula is C20H19F10NO2Si. The van der Waals surface area contributed by atoms with Gasteiger partial charge in [-0.15, -0.1) is 19.7 Å². The number of alkyl halides is 10. The summed E-state index contributed by atoms with van der Waals surface area (Å²) >= 11 is 0. The monoisotopic (exact) mass is 523 g/mol. The van der Waals surface area contributed by atoms with E-state index >= 15 is 4.39 Å². The lowest BCUT2D eigenvalue weighted by atomic mass is 9.94. The molecule has 0 radical (unpaired) electrons. The molecule has 0 saturated carbocycles. The van der Waals surface area contributed by atoms with Crippen molar-refractivity contribution in [3.8, 4) is 0 Å². The van der Waals surface area contributed by atoms with Crippen LogP contribution in [0.4, 0.5) is 49.6 Å². The maximum Gasteiger partial charge on any atom is 0.434 e. The Morgan fingerprint density at radius 2 is 1.53 bits per heavy atom. The van der Waals surface area contributed by atoms with Crippen LogP contribution in [0, 0.1) is 0 Å². The van der Waals surface area contributed by atoms with Crippen molar-refractivity contribution in [1.29, 1.82) is 0 Å². The summed E-state index contributed by atoms with van der Waals surface area (Å²) in [6.07, 6.45) is -23.7. The third kappa shape index (κ3) is 5.54. The second-order valence-corrected chi connectivity index (χ2v) is 10.6. The number of halogens is 10. The molecule has 190 valence electrons. The first-order valence-corrected chi connectivity index (χ1v) is 11.3. The summed E-state index contributed by atoms with van der Waals surface area (Å²) < 4.78 is 137. The number of nitrogens with zero attached hydrogens (tertiary/aromatic N) is 1. The number of rotatable bonds is 10. The van der Waals surface area contributed by atoms with Crippen molar-refractivity contribution in [3.63, 3.8) is 0 Å². The van der Waals surface area contributed by atoms with Crippen molar-refractivity contribution >= 4 is 24.9 Å². The van der Waals surface area contributed by atoms with Gasteiger partial charge in [-0.25, -0.2) is 8.78 Å². The number of carbonyl (C=O) groups is 1. The van der Waals surface area contributed by atoms with Gasteiger partial charge in [0, 0.05) is 12.7 Å². The van der Waals surface area contributed by atoms with Crippen LogP contribution in [-0.4, -0.2) is 57.9 Å². The van der Waals surface area contributed by atoms with Crippen LogP contribution in [0.2, 0.25) is 0 Å². The zero-order valence-corrected chi connectivity index (χ0v) is 18.5. The van der Waals surface area contributed by atoms with Gasteiger partial charge in [0.1, 0.15) is 0 Å². The van der Waals surface area contributed by atoms with Crippen LogP contribution in [0.15, 0.2) is 61.1 Å². The second-order valence-electron chi connectivity index (χ2n) is 6.98. The Morgan fingerprint density at radius 1 is 1.03 bits per heavy atom. The SMILES string of the molecule is C=C[Si](C=C)(C=C)c1cccc(N(C)C(=O)C(F)(C(OC(F)(F)CF)C(F)(F)F)C(F)(F)F)c1. The predicted octanol–water partition coefficient (Wildman–Crippen LogP) is 5.26. The topological polar surface area (TPSA) is 29.5 Å². The summed E-state index contributed by atoms with van der Waals surface area (Å²) in [6.45, 7) is 7.83. The highest BCUT2D eigenvalue weighted by molar-refractivity contribution is 7.03. The van der Waals surface area contributed by atoms with Crippen molar-refractivity contribution in [2.45, 2.75) is 30.2 Å². The fourth-order valence-corrected chi connectivity index (χ4v) is 4.90. The highest BCUT2D eigenvalue weighted by atomic mass is 28.3. The molecule has 1 amide bonds. The van der Waals surface area contributed by atoms with Gasteiger partial charge in [-0.3, -0.25) is 4.79 Å². The molecule has 1 aromatic rings. The van der Waals surface area contributed by atoms with E-state index < -0.39 is 56.6 Å². The van der Waals surface area contributed by atoms with Crippen molar-refractivity contribution in [1.82, 2.24) is 0 Å². The van der Waals surface area contributed by atoms with Gasteiger partial charge in [0.25, 0.3) is 5.91 Å². The lowest BCUT2D eigenvalue weighted by molar-refractivity contribution is -0.375. The maximum atomic E-state index is 15.1. The first kappa shape index (κ1) is 29.4. The van der Waals surface area contributed by atoms with Gasteiger partial charge in [0.2, 0.25) is 6.10 Å². The minimum Gasteiger partial charge on any atom is -0.312 e. The smallest absolute Gasteiger partial charge is 0.312 e. The first-order chi connectivity index (χ1) is 15.4. The van der Waals surface area contributed by atoms with Gasteiger partial charge in [-0.1, -0.05) is 29.2 Å². The highest BCUT2D eigenvalue weighted by Crippen LogP contribution is 2.47. The molecule has 2 unspecified atom stereocenters. The Balaban J connectivity index is 3.70. The van der Waals surface area contributed by atoms with E-state index in [2.05, 4.69) is 24.5 Å². The molecule has 14 heteroatoms. The average molecular weight is 523 g/mol. The highest BCUT2D eigenvalue weighted by Gasteiger charge is 2.75. The molecule has 1 rings (SSSR count). The zero-order chi connectivity index (χ0) is 26.8. The largest absolute Gasteiger partial charge is 0.434 e. The third-order valence-corrected chi connectivity index (χ3v) is 8.22. The molecule has 0 spiro atoms. The van der Waals surface area contributed by atoms with Gasteiger partial charge < -0.3 is 9.64 Å². The molecule has 1 aromatic carbocycles. The number of ether oxygens (including phenoxy) is 1. The molecule has 0 aliphatic carbocycles. The summed E-state index contributed by atoms with van der Waals surface area (Å²) in [7, 11) is -2.38. The minimum atomic E-state index is -6.69. The number of amides is 1. The molecule has 0 heterocycles. The lowest BCUT2D eigenvalue weighted by Crippen LogP contribution is -2.67. The minimum absolute atomic E-state index is 0.138. The Hall–Kier alpha value is -2.61. The van der Waals surface area contributed by atoms with Crippen molar-refractivity contribution in [2.24, 2.45) is 0 Å². The Kier molecular flexibility index (Phi) is 8.60. The van der Waals surface area contributed by atoms with Gasteiger partial charge in [-0.2, -0.15) is 35.1 Å². The normalized spacial score (nSPS) is 15.7. The Morgan fingerprint density at radius 3 is 1.91 bits per heavy atom. The van der Waals surface area contributed by atoms with Crippen LogP contribution >= 0.6 is 0 Å². The van der Waals surface area contributed by atoms with E-state index in [0.29, 0.717) is 12.2 Å². The molecule has 2 atom stereocenters. The number of hydrogen-bond donors (Lipinski definition) is 0. The molecule has 3 nitrogen and oxygen atoms in total. The summed E-state index contributed by atoms with van der Waals surface area (Å²) in [5, 5.41) is 0.314. The standard InChI is InChI=1S/C20H19F10NO2Si/c1-5-34(6-2,7-3)14-10-8-9-13(11-14)31(4)16(32)18(24,20(28,29)30)15(19(25,26)27)33-17(22,23)12-21/h5-11,15H,1-3,12H2,4H3. The molecule has 0 fully saturated rings. The van der Waals surface area contributed by atoms with Crippen molar-refractivity contribution in [3.05, 3.63) is 61.1 Å². The van der Waals surface area contributed by atoms with Crippen molar-refractivity contribution in [2.75, 3.05) is 18.6 Å². The summed E-state index contributed by atoms with van der Waals surface area (Å²) in [5.74, 6) is -2.92. The van der Waals surface area contributed by atoms with E-state index in [0.717, 1.165) is 12.1 Å². The fourth-order valence-electron chi connectivity index (χ4n) is 2.91. The molecule has 0 bridgehead atoms. The van der Waals surface area contributed by atoms with Crippen molar-refractivity contribution < 1.29 is 53.4 Å². The van der Waals surface area contributed by atoms with Crippen LogP contribution in [0.25, 0.3) is 0 Å². The van der Waals surface area contributed by atoms with E-state index in [4.69, 9.17) is 0 Å². The molecular weight excluding hydrogens is 504 g/mol. The number of anilines is 1. The van der Waals surface area contributed by atoms with Crippen LogP contribution in [0.5, 0.6) is 0 Å². The van der Waals surface area contributed by atoms with Gasteiger partial charge >= 0.3 is 24.1 Å². The second kappa shape index (κ2) is 9.94. The first-order valence-electron chi connectivity index (χ1n) is 9.10. The Labute approximate surface area is 189 Å². The van der Waals surface area contributed by atoms with E-state index in [-0.39, 0.29) is 4.90 Å². The van der Waals surface area contributed by atoms with Gasteiger partial charge in [0.05, 0.1) is 0 Å². The molecule has 0 aliphatic heterocycles. The van der Waals surface area contributed by atoms with E-state index in [1.807, 2.05) is 0 Å². The molecule has 0 N–H and O–H groups in total. The van der Waals surface area contributed by atoms with Crippen LogP contribution in [0.1, 0.15) is 0 Å². The molecule has 0 aromatic heterocycles. The molecule has 34 heavy (non-hydrogen) atoms. The molecule has 0 aliphatic rings. The average Bonchev–Trinajstić information content (AvgIpc) is 2.76. The van der Waals surface area contributed by atoms with Gasteiger partial charge in [0.15, 0.2) is 14.7 Å². The number of carbonyl (C=O) groups excluding carboxylic acids is 1. The third-order valence-electron chi connectivity index (χ3n) is 4.88. The quantitative estimate of drug-likeness (QED) is 0.309. The maximum absolute atomic E-state index is 15.1. The van der Waals surface area contributed by atoms with E-state index in [9.17, 15) is 44.3 Å².